The van der Waals surface area contributed by atoms with Gasteiger partial charge in [0.05, 0.1) is 0 Å². The quantitative estimate of drug-likeness (QED) is 0.799. The highest BCUT2D eigenvalue weighted by molar-refractivity contribution is 5.98. The second-order valence-corrected chi connectivity index (χ2v) is 7.25. The number of aromatic nitrogens is 1. The average Bonchev–Trinajstić information content (AvgIpc) is 2.72. The van der Waals surface area contributed by atoms with Crippen LogP contribution in [0, 0.1) is 5.92 Å². The summed E-state index contributed by atoms with van der Waals surface area (Å²) in [4.78, 5) is 31.0. The molecule has 1 N–H and O–H groups in total. The van der Waals surface area contributed by atoms with Crippen LogP contribution in [-0.2, 0) is 6.42 Å². The van der Waals surface area contributed by atoms with E-state index in [1.807, 2.05) is 23.1 Å². The van der Waals surface area contributed by atoms with Gasteiger partial charge in [-0.2, -0.15) is 0 Å². The van der Waals surface area contributed by atoms with E-state index < -0.39 is 0 Å². The number of carbonyl (C=O) groups is 2. The number of benzene rings is 1. The van der Waals surface area contributed by atoms with Crippen LogP contribution in [0.1, 0.15) is 52.6 Å². The van der Waals surface area contributed by atoms with Crippen LogP contribution in [0.4, 0.5) is 0 Å². The number of pyridine rings is 1. The van der Waals surface area contributed by atoms with Crippen molar-refractivity contribution in [1.82, 2.24) is 15.2 Å². The molecule has 3 rings (SSSR count). The molecule has 1 aliphatic rings. The van der Waals surface area contributed by atoms with E-state index in [4.69, 9.17) is 0 Å². The molecule has 5 heteroatoms. The summed E-state index contributed by atoms with van der Waals surface area (Å²) in [5.41, 5.74) is 2.09. The number of amides is 2. The number of likely N-dealkylation sites (tertiary alicyclic amines) is 1. The van der Waals surface area contributed by atoms with Gasteiger partial charge in [0, 0.05) is 31.4 Å². The van der Waals surface area contributed by atoms with Gasteiger partial charge in [0.15, 0.2) is 0 Å². The summed E-state index contributed by atoms with van der Waals surface area (Å²) in [5.74, 6) is 0.427. The van der Waals surface area contributed by atoms with E-state index in [0.717, 1.165) is 38.8 Å². The highest BCUT2D eigenvalue weighted by Gasteiger charge is 2.22. The van der Waals surface area contributed by atoms with Gasteiger partial charge < -0.3 is 10.2 Å². The largest absolute Gasteiger partial charge is 0.351 e. The summed E-state index contributed by atoms with van der Waals surface area (Å²) in [6.07, 6.45) is 5.39. The number of rotatable bonds is 6. The molecule has 1 saturated heterocycles. The van der Waals surface area contributed by atoms with E-state index in [0.29, 0.717) is 23.7 Å². The van der Waals surface area contributed by atoms with Crippen molar-refractivity contribution in [2.45, 2.75) is 32.6 Å². The average molecular weight is 365 g/mol. The maximum atomic E-state index is 12.7. The summed E-state index contributed by atoms with van der Waals surface area (Å²) in [7, 11) is 0. The molecule has 142 valence electrons. The van der Waals surface area contributed by atoms with Gasteiger partial charge in [0.2, 0.25) is 0 Å². The Hall–Kier alpha value is -2.69. The molecule has 0 spiro atoms. The van der Waals surface area contributed by atoms with Gasteiger partial charge in [0.1, 0.15) is 5.69 Å². The molecular weight excluding hydrogens is 338 g/mol. The lowest BCUT2D eigenvalue weighted by atomic mass is 9.98. The predicted octanol–water partition coefficient (Wildman–Crippen LogP) is 3.32. The van der Waals surface area contributed by atoms with Crippen molar-refractivity contribution < 1.29 is 9.59 Å². The summed E-state index contributed by atoms with van der Waals surface area (Å²) in [5, 5.41) is 2.89. The molecule has 0 bridgehead atoms. The molecule has 5 nitrogen and oxygen atoms in total. The van der Waals surface area contributed by atoms with Crippen molar-refractivity contribution in [3.05, 3.63) is 65.5 Å². The normalized spacial score (nSPS) is 14.8. The lowest BCUT2D eigenvalue weighted by Gasteiger charge is -2.30. The zero-order valence-corrected chi connectivity index (χ0v) is 15.9. The first kappa shape index (κ1) is 19.1. The van der Waals surface area contributed by atoms with Crippen molar-refractivity contribution >= 4 is 11.8 Å². The Morgan fingerprint density at radius 3 is 2.63 bits per heavy atom. The summed E-state index contributed by atoms with van der Waals surface area (Å²) in [6, 6.07) is 13.5. The van der Waals surface area contributed by atoms with Gasteiger partial charge in [-0.15, -0.1) is 0 Å². The molecule has 0 aliphatic carbocycles. The zero-order chi connectivity index (χ0) is 19.1. The number of hydrogen-bond acceptors (Lipinski definition) is 3. The summed E-state index contributed by atoms with van der Waals surface area (Å²) in [6.45, 7) is 4.36. The third-order valence-electron chi connectivity index (χ3n) is 5.08. The third kappa shape index (κ3) is 5.39. The van der Waals surface area contributed by atoms with Crippen LogP contribution in [-0.4, -0.2) is 41.3 Å². The van der Waals surface area contributed by atoms with Crippen molar-refractivity contribution in [2.75, 3.05) is 19.6 Å². The Balaban J connectivity index is 1.51. The van der Waals surface area contributed by atoms with E-state index in [1.165, 1.54) is 5.56 Å². The molecule has 0 saturated carbocycles. The minimum atomic E-state index is -0.232. The van der Waals surface area contributed by atoms with E-state index in [9.17, 15) is 9.59 Å². The molecule has 2 heterocycles. The van der Waals surface area contributed by atoms with E-state index in [2.05, 4.69) is 29.4 Å². The van der Waals surface area contributed by atoms with E-state index in [1.54, 1.807) is 18.3 Å². The first-order valence-corrected chi connectivity index (χ1v) is 9.71. The lowest BCUT2D eigenvalue weighted by Crippen LogP contribution is -2.38. The molecule has 1 aromatic carbocycles. The Morgan fingerprint density at radius 2 is 1.89 bits per heavy atom. The number of aryl methyl sites for hydroxylation is 1. The maximum Gasteiger partial charge on any atom is 0.269 e. The Morgan fingerprint density at radius 1 is 1.15 bits per heavy atom. The Kier molecular flexibility index (Phi) is 6.58. The molecular formula is C22H27N3O2. The van der Waals surface area contributed by atoms with Gasteiger partial charge in [-0.25, -0.2) is 0 Å². The van der Waals surface area contributed by atoms with Crippen LogP contribution >= 0.6 is 0 Å². The molecule has 2 amide bonds. The second kappa shape index (κ2) is 9.31. The standard InChI is InChI=1S/C22H27N3O2/c1-17-10-14-25(15-11-17)22(27)19-9-13-23-20(16-19)21(26)24-12-5-8-18-6-3-2-4-7-18/h2-4,6-7,9,13,16-17H,5,8,10-12,14-15H2,1H3,(H,24,26). The number of nitrogens with one attached hydrogen (secondary N) is 1. The number of hydrogen-bond donors (Lipinski definition) is 1. The van der Waals surface area contributed by atoms with Crippen molar-refractivity contribution in [1.29, 1.82) is 0 Å². The fraction of sp³-hybridized carbons (Fsp3) is 0.409. The van der Waals surface area contributed by atoms with Crippen LogP contribution in [0.3, 0.4) is 0 Å². The summed E-state index contributed by atoms with van der Waals surface area (Å²) >= 11 is 0. The third-order valence-corrected chi connectivity index (χ3v) is 5.08. The fourth-order valence-electron chi connectivity index (χ4n) is 3.31. The first-order valence-electron chi connectivity index (χ1n) is 9.71. The Bertz CT molecular complexity index is 768. The number of carbonyl (C=O) groups excluding carboxylic acids is 2. The van der Waals surface area contributed by atoms with Crippen LogP contribution in [0.25, 0.3) is 0 Å². The van der Waals surface area contributed by atoms with Gasteiger partial charge >= 0.3 is 0 Å². The maximum absolute atomic E-state index is 12.7. The predicted molar refractivity (Wildman–Crippen MR) is 106 cm³/mol. The minimum Gasteiger partial charge on any atom is -0.351 e. The van der Waals surface area contributed by atoms with Gasteiger partial charge in [-0.3, -0.25) is 14.6 Å². The molecule has 1 fully saturated rings. The topological polar surface area (TPSA) is 62.3 Å². The van der Waals surface area contributed by atoms with Crippen LogP contribution in [0.2, 0.25) is 0 Å². The van der Waals surface area contributed by atoms with E-state index >= 15 is 0 Å². The monoisotopic (exact) mass is 365 g/mol. The smallest absolute Gasteiger partial charge is 0.269 e. The lowest BCUT2D eigenvalue weighted by molar-refractivity contribution is 0.0697. The highest BCUT2D eigenvalue weighted by atomic mass is 16.2. The second-order valence-electron chi connectivity index (χ2n) is 7.25. The highest BCUT2D eigenvalue weighted by Crippen LogP contribution is 2.18. The van der Waals surface area contributed by atoms with Gasteiger partial charge in [-0.1, -0.05) is 37.3 Å². The van der Waals surface area contributed by atoms with Crippen molar-refractivity contribution in [3.63, 3.8) is 0 Å². The Labute approximate surface area is 160 Å². The van der Waals surface area contributed by atoms with Crippen LogP contribution in [0.5, 0.6) is 0 Å². The molecule has 1 aliphatic heterocycles. The molecule has 0 unspecified atom stereocenters. The number of nitrogens with zero attached hydrogens (tertiary/aromatic N) is 2. The first-order chi connectivity index (χ1) is 13.1. The molecule has 1 aromatic heterocycles. The molecule has 0 atom stereocenters. The fourth-order valence-corrected chi connectivity index (χ4v) is 3.31. The molecule has 0 radical (unpaired) electrons. The van der Waals surface area contributed by atoms with Crippen molar-refractivity contribution in [2.24, 2.45) is 5.92 Å². The van der Waals surface area contributed by atoms with Crippen molar-refractivity contribution in [3.8, 4) is 0 Å². The van der Waals surface area contributed by atoms with Gasteiger partial charge in [0.25, 0.3) is 11.8 Å². The van der Waals surface area contributed by atoms with Gasteiger partial charge in [-0.05, 0) is 49.3 Å². The molecule has 27 heavy (non-hydrogen) atoms. The molecule has 2 aromatic rings. The number of piperidine rings is 1. The minimum absolute atomic E-state index is 0.0116. The van der Waals surface area contributed by atoms with Crippen LogP contribution < -0.4 is 5.32 Å². The van der Waals surface area contributed by atoms with Crippen LogP contribution in [0.15, 0.2) is 48.7 Å². The SMILES string of the molecule is CC1CCN(C(=O)c2ccnc(C(=O)NCCCc3ccccc3)c2)CC1. The summed E-state index contributed by atoms with van der Waals surface area (Å²) < 4.78 is 0. The zero-order valence-electron chi connectivity index (χ0n) is 15.9. The van der Waals surface area contributed by atoms with E-state index in [-0.39, 0.29) is 11.8 Å².